The third-order valence-corrected chi connectivity index (χ3v) is 2.69. The molecular weight excluding hydrogens is 232 g/mol. The van der Waals surface area contributed by atoms with Crippen LogP contribution in [0.5, 0.6) is 0 Å². The van der Waals surface area contributed by atoms with Gasteiger partial charge in [0.1, 0.15) is 5.60 Å². The Morgan fingerprint density at radius 1 is 1.33 bits per heavy atom. The highest BCUT2D eigenvalue weighted by atomic mass is 16.7. The summed E-state index contributed by atoms with van der Waals surface area (Å²) in [4.78, 5) is 17.0. The molecule has 106 valence electrons. The Balaban J connectivity index is 2.08. The zero-order valence-electron chi connectivity index (χ0n) is 11.9. The molecule has 18 heavy (non-hydrogen) atoms. The van der Waals surface area contributed by atoms with Crippen molar-refractivity contribution in [3.63, 3.8) is 0 Å². The van der Waals surface area contributed by atoms with Gasteiger partial charge in [0.15, 0.2) is 0 Å². The first-order chi connectivity index (χ1) is 8.37. The van der Waals surface area contributed by atoms with E-state index in [9.17, 15) is 4.79 Å². The van der Waals surface area contributed by atoms with Gasteiger partial charge in [0.05, 0.1) is 6.10 Å². The lowest BCUT2D eigenvalue weighted by molar-refractivity contribution is -0.0369. The minimum absolute atomic E-state index is 0.0677. The number of amides is 1. The average Bonchev–Trinajstić information content (AvgIpc) is 2.74. The zero-order valence-corrected chi connectivity index (χ0v) is 11.9. The summed E-state index contributed by atoms with van der Waals surface area (Å²) in [6.45, 7) is 7.99. The van der Waals surface area contributed by atoms with Crippen molar-refractivity contribution in [2.75, 3.05) is 6.54 Å². The van der Waals surface area contributed by atoms with Crippen LogP contribution in [0.4, 0.5) is 4.79 Å². The van der Waals surface area contributed by atoms with Crippen LogP contribution in [-0.4, -0.2) is 30.4 Å². The predicted molar refractivity (Wildman–Crippen MR) is 70.2 cm³/mol. The number of carbonyl (C=O) groups is 1. The van der Waals surface area contributed by atoms with E-state index in [4.69, 9.17) is 9.57 Å². The quantitative estimate of drug-likeness (QED) is 0.743. The molecule has 1 fully saturated rings. The van der Waals surface area contributed by atoms with Crippen LogP contribution < -0.4 is 10.8 Å². The summed E-state index contributed by atoms with van der Waals surface area (Å²) in [5, 5.41) is 2.71. The van der Waals surface area contributed by atoms with E-state index in [2.05, 4.69) is 10.8 Å². The molecule has 1 atom stereocenters. The summed E-state index contributed by atoms with van der Waals surface area (Å²) in [6.07, 6.45) is 4.68. The Bertz CT molecular complexity index is 257. The molecule has 0 saturated heterocycles. The second kappa shape index (κ2) is 6.95. The SMILES string of the molecule is CC(CNC(=O)OC(C)(C)C)NOC1CCCC1. The molecule has 5 nitrogen and oxygen atoms in total. The van der Waals surface area contributed by atoms with Gasteiger partial charge in [-0.15, -0.1) is 0 Å². The Kier molecular flexibility index (Phi) is 5.88. The van der Waals surface area contributed by atoms with Gasteiger partial charge >= 0.3 is 6.09 Å². The van der Waals surface area contributed by atoms with Crippen LogP contribution in [0.15, 0.2) is 0 Å². The first-order valence-corrected chi connectivity index (χ1v) is 6.75. The van der Waals surface area contributed by atoms with Gasteiger partial charge in [-0.05, 0) is 40.5 Å². The van der Waals surface area contributed by atoms with E-state index < -0.39 is 11.7 Å². The normalized spacial score (nSPS) is 18.7. The highest BCUT2D eigenvalue weighted by Gasteiger charge is 2.18. The molecule has 0 bridgehead atoms. The molecule has 1 aliphatic rings. The van der Waals surface area contributed by atoms with Gasteiger partial charge in [-0.1, -0.05) is 12.8 Å². The smallest absolute Gasteiger partial charge is 0.407 e. The van der Waals surface area contributed by atoms with Crippen molar-refractivity contribution in [1.82, 2.24) is 10.8 Å². The van der Waals surface area contributed by atoms with E-state index in [0.29, 0.717) is 12.6 Å². The first kappa shape index (κ1) is 15.2. The molecule has 0 aromatic carbocycles. The van der Waals surface area contributed by atoms with Gasteiger partial charge in [0.2, 0.25) is 0 Å². The minimum atomic E-state index is -0.457. The van der Waals surface area contributed by atoms with E-state index in [1.807, 2.05) is 27.7 Å². The monoisotopic (exact) mass is 258 g/mol. The molecule has 1 unspecified atom stereocenters. The van der Waals surface area contributed by atoms with Crippen LogP contribution in [0.25, 0.3) is 0 Å². The molecular formula is C13H26N2O3. The van der Waals surface area contributed by atoms with Crippen molar-refractivity contribution < 1.29 is 14.4 Å². The molecule has 0 spiro atoms. The third-order valence-electron chi connectivity index (χ3n) is 2.69. The van der Waals surface area contributed by atoms with Crippen molar-refractivity contribution in [3.8, 4) is 0 Å². The zero-order chi connectivity index (χ0) is 13.6. The maximum Gasteiger partial charge on any atom is 0.407 e. The third kappa shape index (κ3) is 6.81. The molecule has 0 radical (unpaired) electrons. The summed E-state index contributed by atoms with van der Waals surface area (Å²) >= 11 is 0. The number of hydrogen-bond acceptors (Lipinski definition) is 4. The highest BCUT2D eigenvalue weighted by Crippen LogP contribution is 2.19. The fourth-order valence-electron chi connectivity index (χ4n) is 1.81. The second-order valence-electron chi connectivity index (χ2n) is 5.93. The topological polar surface area (TPSA) is 59.6 Å². The summed E-state index contributed by atoms with van der Waals surface area (Å²) < 4.78 is 5.15. The first-order valence-electron chi connectivity index (χ1n) is 6.75. The lowest BCUT2D eigenvalue weighted by Crippen LogP contribution is -2.42. The lowest BCUT2D eigenvalue weighted by Gasteiger charge is -2.21. The van der Waals surface area contributed by atoms with Gasteiger partial charge < -0.3 is 10.1 Å². The molecule has 0 aliphatic heterocycles. The molecule has 0 heterocycles. The van der Waals surface area contributed by atoms with Gasteiger partial charge in [-0.3, -0.25) is 4.84 Å². The number of hydrogen-bond donors (Lipinski definition) is 2. The predicted octanol–water partition coefficient (Wildman–Crippen LogP) is 2.36. The van der Waals surface area contributed by atoms with Crippen molar-refractivity contribution in [2.45, 2.75) is 71.1 Å². The summed E-state index contributed by atoms with van der Waals surface area (Å²) in [6, 6.07) is 0.0677. The van der Waals surface area contributed by atoms with Crippen LogP contribution in [0.3, 0.4) is 0 Å². The van der Waals surface area contributed by atoms with Gasteiger partial charge in [-0.2, -0.15) is 5.48 Å². The van der Waals surface area contributed by atoms with Crippen LogP contribution in [0, 0.1) is 0 Å². The standard InChI is InChI=1S/C13H26N2O3/c1-10(15-18-11-7-5-6-8-11)9-14-12(16)17-13(2,3)4/h10-11,15H,5-9H2,1-4H3,(H,14,16). The summed E-state index contributed by atoms with van der Waals surface area (Å²) in [5.41, 5.74) is 2.52. The van der Waals surface area contributed by atoms with E-state index in [0.717, 1.165) is 12.8 Å². The number of ether oxygens (including phenoxy) is 1. The van der Waals surface area contributed by atoms with E-state index in [1.165, 1.54) is 12.8 Å². The molecule has 2 N–H and O–H groups in total. The Hall–Kier alpha value is -0.810. The van der Waals surface area contributed by atoms with E-state index >= 15 is 0 Å². The molecule has 0 aromatic rings. The van der Waals surface area contributed by atoms with Crippen LogP contribution in [0.2, 0.25) is 0 Å². The van der Waals surface area contributed by atoms with Crippen LogP contribution >= 0.6 is 0 Å². The minimum Gasteiger partial charge on any atom is -0.444 e. The maximum atomic E-state index is 11.4. The number of hydroxylamine groups is 1. The van der Waals surface area contributed by atoms with Crippen LogP contribution in [-0.2, 0) is 9.57 Å². The van der Waals surface area contributed by atoms with Crippen molar-refractivity contribution in [3.05, 3.63) is 0 Å². The number of alkyl carbamates (subject to hydrolysis) is 1. The molecule has 5 heteroatoms. The van der Waals surface area contributed by atoms with E-state index in [-0.39, 0.29) is 6.04 Å². The van der Waals surface area contributed by atoms with Gasteiger partial charge in [0.25, 0.3) is 0 Å². The molecule has 1 amide bonds. The highest BCUT2D eigenvalue weighted by molar-refractivity contribution is 5.67. The lowest BCUT2D eigenvalue weighted by atomic mass is 10.2. The van der Waals surface area contributed by atoms with Gasteiger partial charge in [0, 0.05) is 12.6 Å². The van der Waals surface area contributed by atoms with E-state index in [1.54, 1.807) is 0 Å². The summed E-state index contributed by atoms with van der Waals surface area (Å²) in [7, 11) is 0. The number of carbonyl (C=O) groups excluding carboxylic acids is 1. The molecule has 1 rings (SSSR count). The fraction of sp³-hybridized carbons (Fsp3) is 0.923. The van der Waals surface area contributed by atoms with Crippen molar-refractivity contribution in [2.24, 2.45) is 0 Å². The average molecular weight is 258 g/mol. The maximum absolute atomic E-state index is 11.4. The summed E-state index contributed by atoms with van der Waals surface area (Å²) in [5.74, 6) is 0. The molecule has 1 aliphatic carbocycles. The van der Waals surface area contributed by atoms with Crippen molar-refractivity contribution in [1.29, 1.82) is 0 Å². The Morgan fingerprint density at radius 3 is 2.50 bits per heavy atom. The Morgan fingerprint density at radius 2 is 1.94 bits per heavy atom. The van der Waals surface area contributed by atoms with Crippen LogP contribution in [0.1, 0.15) is 53.4 Å². The second-order valence-corrected chi connectivity index (χ2v) is 5.93. The Labute approximate surface area is 110 Å². The van der Waals surface area contributed by atoms with Crippen molar-refractivity contribution >= 4 is 6.09 Å². The number of rotatable bonds is 5. The fourth-order valence-corrected chi connectivity index (χ4v) is 1.81. The van der Waals surface area contributed by atoms with Gasteiger partial charge in [-0.25, -0.2) is 4.79 Å². The number of nitrogens with one attached hydrogen (secondary N) is 2. The largest absolute Gasteiger partial charge is 0.444 e. The molecule has 0 aromatic heterocycles. The molecule has 1 saturated carbocycles.